The predicted octanol–water partition coefficient (Wildman–Crippen LogP) is 3.49. The summed E-state index contributed by atoms with van der Waals surface area (Å²) in [7, 11) is 0. The highest BCUT2D eigenvalue weighted by atomic mass is 19.1. The van der Waals surface area contributed by atoms with E-state index in [0.29, 0.717) is 12.2 Å². The SMILES string of the molecule is Cc1ccccc1CCNc1ccc(C(=O)O)cc1F. The number of anilines is 1. The minimum Gasteiger partial charge on any atom is -0.478 e. The fourth-order valence-corrected chi connectivity index (χ4v) is 2.01. The molecule has 0 atom stereocenters. The zero-order valence-electron chi connectivity index (χ0n) is 11.2. The number of carbonyl (C=O) groups is 1. The molecule has 2 rings (SSSR count). The summed E-state index contributed by atoms with van der Waals surface area (Å²) in [4.78, 5) is 10.7. The van der Waals surface area contributed by atoms with Crippen molar-refractivity contribution < 1.29 is 14.3 Å². The van der Waals surface area contributed by atoms with Gasteiger partial charge in [-0.1, -0.05) is 24.3 Å². The van der Waals surface area contributed by atoms with Crippen molar-refractivity contribution in [3.05, 3.63) is 65.0 Å². The summed E-state index contributed by atoms with van der Waals surface area (Å²) < 4.78 is 13.7. The zero-order valence-corrected chi connectivity index (χ0v) is 11.2. The molecule has 0 bridgehead atoms. The number of rotatable bonds is 5. The largest absolute Gasteiger partial charge is 0.478 e. The molecular weight excluding hydrogens is 257 g/mol. The molecule has 2 N–H and O–H groups in total. The monoisotopic (exact) mass is 273 g/mol. The maximum Gasteiger partial charge on any atom is 0.335 e. The lowest BCUT2D eigenvalue weighted by Crippen LogP contribution is -2.08. The first-order valence-electron chi connectivity index (χ1n) is 6.39. The van der Waals surface area contributed by atoms with Crippen molar-refractivity contribution in [2.45, 2.75) is 13.3 Å². The lowest BCUT2D eigenvalue weighted by atomic mass is 10.1. The second kappa shape index (κ2) is 6.19. The van der Waals surface area contributed by atoms with Gasteiger partial charge in [0.25, 0.3) is 0 Å². The number of halogens is 1. The Bertz CT molecular complexity index is 626. The smallest absolute Gasteiger partial charge is 0.335 e. The molecule has 0 saturated carbocycles. The molecule has 0 saturated heterocycles. The number of hydrogen-bond donors (Lipinski definition) is 2. The third-order valence-electron chi connectivity index (χ3n) is 3.19. The molecule has 0 unspecified atom stereocenters. The first kappa shape index (κ1) is 14.1. The van der Waals surface area contributed by atoms with Crippen LogP contribution in [-0.2, 0) is 6.42 Å². The summed E-state index contributed by atoms with van der Waals surface area (Å²) in [6, 6.07) is 11.9. The summed E-state index contributed by atoms with van der Waals surface area (Å²) in [6.45, 7) is 2.63. The molecular formula is C16H16FNO2. The van der Waals surface area contributed by atoms with Crippen LogP contribution in [0, 0.1) is 12.7 Å². The van der Waals surface area contributed by atoms with Crippen LogP contribution in [0.25, 0.3) is 0 Å². The summed E-state index contributed by atoms with van der Waals surface area (Å²) in [5.41, 5.74) is 2.69. The lowest BCUT2D eigenvalue weighted by molar-refractivity contribution is 0.0696. The quantitative estimate of drug-likeness (QED) is 0.876. The average Bonchev–Trinajstić information content (AvgIpc) is 2.42. The highest BCUT2D eigenvalue weighted by Crippen LogP contribution is 2.16. The van der Waals surface area contributed by atoms with E-state index in [0.717, 1.165) is 12.5 Å². The van der Waals surface area contributed by atoms with Crippen LogP contribution < -0.4 is 5.32 Å². The van der Waals surface area contributed by atoms with Crippen molar-refractivity contribution in [1.29, 1.82) is 0 Å². The van der Waals surface area contributed by atoms with Crippen LogP contribution in [0.4, 0.5) is 10.1 Å². The van der Waals surface area contributed by atoms with Gasteiger partial charge in [0.1, 0.15) is 5.82 Å². The molecule has 0 aliphatic rings. The molecule has 20 heavy (non-hydrogen) atoms. The van der Waals surface area contributed by atoms with Crippen LogP contribution in [-0.4, -0.2) is 17.6 Å². The van der Waals surface area contributed by atoms with E-state index in [1.165, 1.54) is 23.3 Å². The molecule has 2 aromatic carbocycles. The van der Waals surface area contributed by atoms with Gasteiger partial charge in [-0.15, -0.1) is 0 Å². The van der Waals surface area contributed by atoms with E-state index in [9.17, 15) is 9.18 Å². The topological polar surface area (TPSA) is 49.3 Å². The summed E-state index contributed by atoms with van der Waals surface area (Å²) in [5, 5.41) is 11.8. The van der Waals surface area contributed by atoms with Gasteiger partial charge in [-0.25, -0.2) is 9.18 Å². The van der Waals surface area contributed by atoms with Crippen LogP contribution in [0.15, 0.2) is 42.5 Å². The fourth-order valence-electron chi connectivity index (χ4n) is 2.01. The molecule has 3 nitrogen and oxygen atoms in total. The zero-order chi connectivity index (χ0) is 14.5. The Kier molecular flexibility index (Phi) is 4.35. The van der Waals surface area contributed by atoms with Crippen LogP contribution in [0.3, 0.4) is 0 Å². The number of aryl methyl sites for hydroxylation is 1. The summed E-state index contributed by atoms with van der Waals surface area (Å²) in [5.74, 6) is -1.68. The molecule has 2 aromatic rings. The van der Waals surface area contributed by atoms with Gasteiger partial charge in [-0.05, 0) is 42.7 Å². The highest BCUT2D eigenvalue weighted by Gasteiger charge is 2.07. The van der Waals surface area contributed by atoms with Crippen molar-refractivity contribution in [3.63, 3.8) is 0 Å². The lowest BCUT2D eigenvalue weighted by Gasteiger charge is -2.09. The summed E-state index contributed by atoms with van der Waals surface area (Å²) in [6.07, 6.45) is 0.785. The van der Waals surface area contributed by atoms with E-state index in [1.54, 1.807) is 0 Å². The number of carboxylic acids is 1. The number of nitrogens with one attached hydrogen (secondary N) is 1. The maximum absolute atomic E-state index is 13.7. The molecule has 0 fully saturated rings. The highest BCUT2D eigenvalue weighted by molar-refractivity contribution is 5.88. The first-order valence-corrected chi connectivity index (χ1v) is 6.39. The van der Waals surface area contributed by atoms with Crippen LogP contribution in [0.5, 0.6) is 0 Å². The Morgan fingerprint density at radius 3 is 2.65 bits per heavy atom. The Morgan fingerprint density at radius 1 is 1.25 bits per heavy atom. The van der Waals surface area contributed by atoms with Crippen LogP contribution >= 0.6 is 0 Å². The normalized spacial score (nSPS) is 10.3. The Hall–Kier alpha value is -2.36. The molecule has 0 amide bonds. The van der Waals surface area contributed by atoms with Gasteiger partial charge in [-0.2, -0.15) is 0 Å². The van der Waals surface area contributed by atoms with Crippen molar-refractivity contribution in [3.8, 4) is 0 Å². The minimum absolute atomic E-state index is 0.0491. The first-order chi connectivity index (χ1) is 9.58. The molecule has 0 heterocycles. The van der Waals surface area contributed by atoms with E-state index in [2.05, 4.69) is 5.32 Å². The maximum atomic E-state index is 13.7. The van der Waals surface area contributed by atoms with Crippen molar-refractivity contribution >= 4 is 11.7 Å². The molecule has 0 aromatic heterocycles. The Balaban J connectivity index is 1.98. The number of aromatic carboxylic acids is 1. The molecule has 4 heteroatoms. The third kappa shape index (κ3) is 3.35. The molecule has 0 aliphatic carbocycles. The van der Waals surface area contributed by atoms with Crippen molar-refractivity contribution in [1.82, 2.24) is 0 Å². The van der Waals surface area contributed by atoms with E-state index in [4.69, 9.17) is 5.11 Å². The van der Waals surface area contributed by atoms with Gasteiger partial charge in [0.2, 0.25) is 0 Å². The molecule has 104 valence electrons. The van der Waals surface area contributed by atoms with Gasteiger partial charge < -0.3 is 10.4 Å². The summed E-state index contributed by atoms with van der Waals surface area (Å²) >= 11 is 0. The van der Waals surface area contributed by atoms with Gasteiger partial charge >= 0.3 is 5.97 Å². The third-order valence-corrected chi connectivity index (χ3v) is 3.19. The standard InChI is InChI=1S/C16H16FNO2/c1-11-4-2-3-5-12(11)8-9-18-15-7-6-13(16(19)20)10-14(15)17/h2-7,10,18H,8-9H2,1H3,(H,19,20). The van der Waals surface area contributed by atoms with Crippen LogP contribution in [0.1, 0.15) is 21.5 Å². The van der Waals surface area contributed by atoms with E-state index in [-0.39, 0.29) is 5.56 Å². The van der Waals surface area contributed by atoms with Crippen molar-refractivity contribution in [2.75, 3.05) is 11.9 Å². The Morgan fingerprint density at radius 2 is 2.00 bits per heavy atom. The second-order valence-corrected chi connectivity index (χ2v) is 4.60. The van der Waals surface area contributed by atoms with E-state index >= 15 is 0 Å². The van der Waals surface area contributed by atoms with Gasteiger partial charge in [0.05, 0.1) is 11.3 Å². The van der Waals surface area contributed by atoms with Gasteiger partial charge in [-0.3, -0.25) is 0 Å². The minimum atomic E-state index is -1.13. The number of carboxylic acid groups (broad SMARTS) is 1. The number of hydrogen-bond acceptors (Lipinski definition) is 2. The molecule has 0 spiro atoms. The van der Waals surface area contributed by atoms with Gasteiger partial charge in [0.15, 0.2) is 0 Å². The number of benzene rings is 2. The second-order valence-electron chi connectivity index (χ2n) is 4.60. The van der Waals surface area contributed by atoms with Crippen LogP contribution in [0.2, 0.25) is 0 Å². The van der Waals surface area contributed by atoms with E-state index in [1.807, 2.05) is 31.2 Å². The van der Waals surface area contributed by atoms with E-state index < -0.39 is 11.8 Å². The average molecular weight is 273 g/mol. The fraction of sp³-hybridized carbons (Fsp3) is 0.188. The van der Waals surface area contributed by atoms with Crippen molar-refractivity contribution in [2.24, 2.45) is 0 Å². The Labute approximate surface area is 117 Å². The molecule has 0 radical (unpaired) electrons. The predicted molar refractivity (Wildman–Crippen MR) is 76.7 cm³/mol. The molecule has 0 aliphatic heterocycles. The van der Waals surface area contributed by atoms with Gasteiger partial charge in [0, 0.05) is 6.54 Å².